The molecule has 0 fully saturated rings. The Balaban J connectivity index is 2.13. The molecule has 0 aliphatic carbocycles. The molecule has 1 amide bonds. The number of non-ortho nitro benzene ring substituents is 1. The molecule has 0 saturated heterocycles. The van der Waals surface area contributed by atoms with Gasteiger partial charge in [0.25, 0.3) is 5.69 Å². The average Bonchev–Trinajstić information content (AvgIpc) is 2.91. The second-order valence-electron chi connectivity index (χ2n) is 4.85. The van der Waals surface area contributed by atoms with Crippen molar-refractivity contribution >= 4 is 40.4 Å². The van der Waals surface area contributed by atoms with Gasteiger partial charge < -0.3 is 5.32 Å². The van der Waals surface area contributed by atoms with Gasteiger partial charge >= 0.3 is 0 Å². The predicted molar refractivity (Wildman–Crippen MR) is 91.0 cm³/mol. The Morgan fingerprint density at radius 1 is 1.43 bits per heavy atom. The number of thioether (sulfide) groups is 1. The molecule has 9 heteroatoms. The summed E-state index contributed by atoms with van der Waals surface area (Å²) < 4.78 is 0.736. The average molecular weight is 352 g/mol. The number of amides is 1. The summed E-state index contributed by atoms with van der Waals surface area (Å²) in [4.78, 5) is 22.8. The van der Waals surface area contributed by atoms with Crippen molar-refractivity contribution < 1.29 is 9.72 Å². The van der Waals surface area contributed by atoms with Gasteiger partial charge in [0, 0.05) is 12.1 Å². The molecule has 0 saturated carbocycles. The summed E-state index contributed by atoms with van der Waals surface area (Å²) in [6, 6.07) is 4.41. The van der Waals surface area contributed by atoms with Crippen LogP contribution in [-0.4, -0.2) is 26.3 Å². The standard InChI is InChI=1S/C14H16N4O3S2/c1-4-12(23-14-17-16-9(3)22-14)13(19)15-11-7-10(18(20)21)6-5-8(11)2/h5-7,12H,4H2,1-3H3,(H,15,19). The number of nitrogens with one attached hydrogen (secondary N) is 1. The number of nitrogens with zero attached hydrogens (tertiary/aromatic N) is 3. The zero-order valence-electron chi connectivity index (χ0n) is 12.9. The van der Waals surface area contributed by atoms with Gasteiger partial charge in [-0.3, -0.25) is 14.9 Å². The van der Waals surface area contributed by atoms with Crippen molar-refractivity contribution in [3.8, 4) is 0 Å². The summed E-state index contributed by atoms with van der Waals surface area (Å²) in [5.74, 6) is -0.200. The molecular formula is C14H16N4O3S2. The molecule has 1 N–H and O–H groups in total. The van der Waals surface area contributed by atoms with Gasteiger partial charge in [0.15, 0.2) is 4.34 Å². The van der Waals surface area contributed by atoms with E-state index in [1.807, 2.05) is 13.8 Å². The molecule has 1 aromatic heterocycles. The number of anilines is 1. The van der Waals surface area contributed by atoms with Gasteiger partial charge in [-0.05, 0) is 25.8 Å². The maximum atomic E-state index is 12.4. The Morgan fingerprint density at radius 2 is 2.17 bits per heavy atom. The van der Waals surface area contributed by atoms with E-state index >= 15 is 0 Å². The molecule has 1 aromatic carbocycles. The number of nitro benzene ring substituents is 1. The van der Waals surface area contributed by atoms with E-state index in [9.17, 15) is 14.9 Å². The lowest BCUT2D eigenvalue weighted by Crippen LogP contribution is -2.25. The van der Waals surface area contributed by atoms with Gasteiger partial charge in [-0.25, -0.2) is 0 Å². The van der Waals surface area contributed by atoms with Crippen molar-refractivity contribution in [2.24, 2.45) is 0 Å². The topological polar surface area (TPSA) is 98.0 Å². The molecule has 1 unspecified atom stereocenters. The number of rotatable bonds is 6. The Kier molecular flexibility index (Phi) is 5.67. The normalized spacial score (nSPS) is 12.0. The molecule has 0 spiro atoms. The first-order chi connectivity index (χ1) is 10.9. The minimum absolute atomic E-state index is 0.0497. The molecule has 0 bridgehead atoms. The zero-order chi connectivity index (χ0) is 17.0. The second-order valence-corrected chi connectivity index (χ2v) is 7.48. The third kappa shape index (κ3) is 4.49. The van der Waals surface area contributed by atoms with Gasteiger partial charge in [-0.2, -0.15) is 0 Å². The summed E-state index contributed by atoms with van der Waals surface area (Å²) in [5.41, 5.74) is 1.18. The number of aromatic nitrogens is 2. The smallest absolute Gasteiger partial charge is 0.271 e. The van der Waals surface area contributed by atoms with E-state index in [0.29, 0.717) is 12.1 Å². The van der Waals surface area contributed by atoms with Crippen molar-refractivity contribution in [2.45, 2.75) is 36.8 Å². The lowest BCUT2D eigenvalue weighted by atomic mass is 10.1. The number of nitro groups is 1. The number of hydrogen-bond donors (Lipinski definition) is 1. The lowest BCUT2D eigenvalue weighted by Gasteiger charge is -2.14. The molecule has 2 aromatic rings. The highest BCUT2D eigenvalue weighted by Gasteiger charge is 2.21. The fourth-order valence-corrected chi connectivity index (χ4v) is 3.82. The Hall–Kier alpha value is -2.00. The van der Waals surface area contributed by atoms with E-state index in [1.54, 1.807) is 13.0 Å². The first-order valence-electron chi connectivity index (χ1n) is 6.93. The molecule has 0 radical (unpaired) electrons. The summed E-state index contributed by atoms with van der Waals surface area (Å²) >= 11 is 2.79. The van der Waals surface area contributed by atoms with E-state index in [-0.39, 0.29) is 16.8 Å². The molecular weight excluding hydrogens is 336 g/mol. The monoisotopic (exact) mass is 352 g/mol. The highest BCUT2D eigenvalue weighted by molar-refractivity contribution is 8.02. The van der Waals surface area contributed by atoms with Gasteiger partial charge in [0.2, 0.25) is 5.91 Å². The Labute approximate surface area is 141 Å². The largest absolute Gasteiger partial charge is 0.325 e. The molecule has 2 rings (SSSR count). The first kappa shape index (κ1) is 17.4. The minimum Gasteiger partial charge on any atom is -0.325 e. The van der Waals surface area contributed by atoms with E-state index in [0.717, 1.165) is 14.9 Å². The van der Waals surface area contributed by atoms with Gasteiger partial charge in [-0.1, -0.05) is 36.1 Å². The Morgan fingerprint density at radius 3 is 2.74 bits per heavy atom. The third-order valence-corrected chi connectivity index (χ3v) is 5.39. The van der Waals surface area contributed by atoms with Crippen molar-refractivity contribution in [2.75, 3.05) is 5.32 Å². The number of hydrogen-bond acceptors (Lipinski definition) is 7. The minimum atomic E-state index is -0.481. The third-order valence-electron chi connectivity index (χ3n) is 3.10. The fourth-order valence-electron chi connectivity index (χ4n) is 1.84. The Bertz CT molecular complexity index is 733. The molecule has 23 heavy (non-hydrogen) atoms. The van der Waals surface area contributed by atoms with Crippen molar-refractivity contribution in [1.82, 2.24) is 10.2 Å². The number of benzene rings is 1. The van der Waals surface area contributed by atoms with Crippen molar-refractivity contribution in [3.05, 3.63) is 38.9 Å². The van der Waals surface area contributed by atoms with Crippen LogP contribution < -0.4 is 5.32 Å². The maximum absolute atomic E-state index is 12.4. The number of carbonyl (C=O) groups excluding carboxylic acids is 1. The summed E-state index contributed by atoms with van der Waals surface area (Å²) in [6.07, 6.45) is 0.614. The van der Waals surface area contributed by atoms with E-state index in [1.165, 1.54) is 35.2 Å². The second kappa shape index (κ2) is 7.51. The molecule has 1 heterocycles. The summed E-state index contributed by atoms with van der Waals surface area (Å²) in [7, 11) is 0. The van der Waals surface area contributed by atoms with Gasteiger partial charge in [0.1, 0.15) is 5.01 Å². The molecule has 0 aliphatic rings. The van der Waals surface area contributed by atoms with Crippen molar-refractivity contribution in [1.29, 1.82) is 0 Å². The van der Waals surface area contributed by atoms with E-state index in [2.05, 4.69) is 15.5 Å². The SMILES string of the molecule is CCC(Sc1nnc(C)s1)C(=O)Nc1cc([N+](=O)[O-])ccc1C. The highest BCUT2D eigenvalue weighted by atomic mass is 32.2. The van der Waals surface area contributed by atoms with E-state index < -0.39 is 4.92 Å². The lowest BCUT2D eigenvalue weighted by molar-refractivity contribution is -0.384. The van der Waals surface area contributed by atoms with Crippen LogP contribution in [0.25, 0.3) is 0 Å². The molecule has 122 valence electrons. The molecule has 1 atom stereocenters. The molecule has 0 aliphatic heterocycles. The highest BCUT2D eigenvalue weighted by Crippen LogP contribution is 2.29. The van der Waals surface area contributed by atoms with Crippen LogP contribution in [0.15, 0.2) is 22.5 Å². The van der Waals surface area contributed by atoms with E-state index in [4.69, 9.17) is 0 Å². The summed E-state index contributed by atoms with van der Waals surface area (Å²) in [5, 5.41) is 22.1. The fraction of sp³-hybridized carbons (Fsp3) is 0.357. The number of aryl methyl sites for hydroxylation is 2. The number of carbonyl (C=O) groups is 1. The van der Waals surface area contributed by atoms with Crippen LogP contribution in [0.3, 0.4) is 0 Å². The zero-order valence-corrected chi connectivity index (χ0v) is 14.5. The van der Waals surface area contributed by atoms with Crippen LogP contribution in [0.5, 0.6) is 0 Å². The summed E-state index contributed by atoms with van der Waals surface area (Å²) in [6.45, 7) is 5.56. The van der Waals surface area contributed by atoms with Crippen LogP contribution in [0, 0.1) is 24.0 Å². The van der Waals surface area contributed by atoms with Crippen LogP contribution >= 0.6 is 23.1 Å². The van der Waals surface area contributed by atoms with Gasteiger partial charge in [-0.15, -0.1) is 10.2 Å². The maximum Gasteiger partial charge on any atom is 0.271 e. The van der Waals surface area contributed by atoms with Crippen LogP contribution in [-0.2, 0) is 4.79 Å². The van der Waals surface area contributed by atoms with Crippen LogP contribution in [0.4, 0.5) is 11.4 Å². The quantitative estimate of drug-likeness (QED) is 0.485. The molecule has 7 nitrogen and oxygen atoms in total. The van der Waals surface area contributed by atoms with Crippen molar-refractivity contribution in [3.63, 3.8) is 0 Å². The van der Waals surface area contributed by atoms with Crippen LogP contribution in [0.1, 0.15) is 23.9 Å². The predicted octanol–water partition coefficient (Wildman–Crippen LogP) is 3.57. The van der Waals surface area contributed by atoms with Gasteiger partial charge in [0.05, 0.1) is 15.9 Å². The first-order valence-corrected chi connectivity index (χ1v) is 8.63. The van der Waals surface area contributed by atoms with Crippen LogP contribution in [0.2, 0.25) is 0 Å².